The summed E-state index contributed by atoms with van der Waals surface area (Å²) in [5.74, 6) is 0.0547. The number of hydrogen-bond acceptors (Lipinski definition) is 4. The molecule has 1 heterocycles. The number of esters is 1. The van der Waals surface area contributed by atoms with Crippen molar-refractivity contribution in [2.75, 3.05) is 5.73 Å². The summed E-state index contributed by atoms with van der Waals surface area (Å²) >= 11 is 0. The number of anilines is 1. The highest BCUT2D eigenvalue weighted by molar-refractivity contribution is 5.90. The van der Waals surface area contributed by atoms with E-state index in [-0.39, 0.29) is 12.1 Å². The summed E-state index contributed by atoms with van der Waals surface area (Å²) in [6, 6.07) is 3.17. The summed E-state index contributed by atoms with van der Waals surface area (Å²) in [5.41, 5.74) is 5.99. The number of hydrogen-bond donors (Lipinski definition) is 1. The van der Waals surface area contributed by atoms with Gasteiger partial charge in [-0.3, -0.25) is 0 Å². The van der Waals surface area contributed by atoms with Crippen molar-refractivity contribution in [3.63, 3.8) is 0 Å². The molecule has 2 N–H and O–H groups in total. The Labute approximate surface area is 94.8 Å². The fourth-order valence-corrected chi connectivity index (χ4v) is 1.98. The quantitative estimate of drug-likeness (QED) is 0.775. The highest BCUT2D eigenvalue weighted by Crippen LogP contribution is 2.21. The first-order chi connectivity index (χ1) is 7.75. The number of carbonyl (C=O) groups is 1. The Bertz CT molecular complexity index is 373. The number of nitrogen functional groups attached to an aromatic ring is 1. The van der Waals surface area contributed by atoms with Crippen LogP contribution in [0.15, 0.2) is 18.3 Å². The van der Waals surface area contributed by atoms with Gasteiger partial charge in [-0.05, 0) is 37.8 Å². The van der Waals surface area contributed by atoms with E-state index in [0.717, 1.165) is 25.7 Å². The first-order valence-electron chi connectivity index (χ1n) is 5.68. The van der Waals surface area contributed by atoms with Gasteiger partial charge in [0.2, 0.25) is 0 Å². The summed E-state index contributed by atoms with van der Waals surface area (Å²) < 4.78 is 5.41. The molecular formula is C12H16N2O2. The molecule has 86 valence electrons. The molecule has 4 nitrogen and oxygen atoms in total. The third-order valence-electron chi connectivity index (χ3n) is 2.84. The monoisotopic (exact) mass is 220 g/mol. The van der Waals surface area contributed by atoms with E-state index in [2.05, 4.69) is 4.98 Å². The van der Waals surface area contributed by atoms with Gasteiger partial charge in [-0.2, -0.15) is 0 Å². The van der Waals surface area contributed by atoms with Crippen molar-refractivity contribution in [3.8, 4) is 0 Å². The Morgan fingerprint density at radius 2 is 2.12 bits per heavy atom. The molecule has 2 rings (SSSR count). The fourth-order valence-electron chi connectivity index (χ4n) is 1.98. The molecule has 0 amide bonds. The second-order valence-corrected chi connectivity index (χ2v) is 4.13. The number of nitrogens with two attached hydrogens (primary N) is 1. The molecule has 1 saturated carbocycles. The van der Waals surface area contributed by atoms with Crippen LogP contribution in [0.1, 0.15) is 42.5 Å². The van der Waals surface area contributed by atoms with E-state index in [4.69, 9.17) is 10.5 Å². The van der Waals surface area contributed by atoms with Crippen molar-refractivity contribution in [3.05, 3.63) is 23.9 Å². The van der Waals surface area contributed by atoms with E-state index in [1.54, 1.807) is 12.1 Å². The van der Waals surface area contributed by atoms with Crippen LogP contribution in [0.2, 0.25) is 0 Å². The van der Waals surface area contributed by atoms with E-state index < -0.39 is 0 Å². The topological polar surface area (TPSA) is 65.2 Å². The van der Waals surface area contributed by atoms with Crippen molar-refractivity contribution >= 4 is 11.8 Å². The molecule has 0 aliphatic heterocycles. The minimum absolute atomic E-state index is 0.0793. The Balaban J connectivity index is 1.97. The van der Waals surface area contributed by atoms with Crippen molar-refractivity contribution in [2.45, 2.75) is 38.2 Å². The second-order valence-electron chi connectivity index (χ2n) is 4.13. The maximum atomic E-state index is 11.8. The van der Waals surface area contributed by atoms with Gasteiger partial charge >= 0.3 is 5.97 Å². The number of rotatable bonds is 2. The Morgan fingerprint density at radius 3 is 2.81 bits per heavy atom. The number of carbonyl (C=O) groups excluding carboxylic acids is 1. The van der Waals surface area contributed by atoms with Gasteiger partial charge in [-0.1, -0.05) is 6.42 Å². The lowest BCUT2D eigenvalue weighted by Gasteiger charge is -2.21. The van der Waals surface area contributed by atoms with Crippen LogP contribution in [0.5, 0.6) is 0 Å². The van der Waals surface area contributed by atoms with Crippen molar-refractivity contribution < 1.29 is 9.53 Å². The van der Waals surface area contributed by atoms with Crippen LogP contribution in [0, 0.1) is 0 Å². The predicted octanol–water partition coefficient (Wildman–Crippen LogP) is 2.15. The van der Waals surface area contributed by atoms with Gasteiger partial charge in [0.1, 0.15) is 11.9 Å². The van der Waals surface area contributed by atoms with Gasteiger partial charge in [0.15, 0.2) is 0 Å². The van der Waals surface area contributed by atoms with E-state index >= 15 is 0 Å². The molecule has 4 heteroatoms. The van der Waals surface area contributed by atoms with Gasteiger partial charge in [-0.25, -0.2) is 9.78 Å². The summed E-state index contributed by atoms with van der Waals surface area (Å²) in [7, 11) is 0. The molecular weight excluding hydrogens is 204 g/mol. The maximum absolute atomic E-state index is 11.8. The zero-order valence-corrected chi connectivity index (χ0v) is 9.19. The zero-order valence-electron chi connectivity index (χ0n) is 9.19. The van der Waals surface area contributed by atoms with Crippen molar-refractivity contribution in [2.24, 2.45) is 0 Å². The van der Waals surface area contributed by atoms with E-state index in [1.165, 1.54) is 12.6 Å². The summed E-state index contributed by atoms with van der Waals surface area (Å²) in [6.07, 6.45) is 7.10. The molecule has 0 spiro atoms. The summed E-state index contributed by atoms with van der Waals surface area (Å²) in [6.45, 7) is 0. The normalized spacial score (nSPS) is 17.0. The summed E-state index contributed by atoms with van der Waals surface area (Å²) in [5, 5.41) is 0. The maximum Gasteiger partial charge on any atom is 0.338 e. The third kappa shape index (κ3) is 2.72. The molecule has 0 radical (unpaired) electrons. The van der Waals surface area contributed by atoms with Crippen LogP contribution >= 0.6 is 0 Å². The SMILES string of the molecule is Nc1cc(C(=O)OC2CCCCC2)ccn1. The molecule has 1 aliphatic carbocycles. The number of aromatic nitrogens is 1. The molecule has 0 saturated heterocycles. The highest BCUT2D eigenvalue weighted by Gasteiger charge is 2.18. The van der Waals surface area contributed by atoms with Crippen LogP contribution in [0.3, 0.4) is 0 Å². The number of ether oxygens (including phenoxy) is 1. The lowest BCUT2D eigenvalue weighted by molar-refractivity contribution is 0.0211. The standard InChI is InChI=1S/C12H16N2O2/c13-11-8-9(6-7-14-11)12(15)16-10-4-2-1-3-5-10/h6-8,10H,1-5H2,(H2,13,14). The fraction of sp³-hybridized carbons (Fsp3) is 0.500. The Kier molecular flexibility index (Phi) is 3.39. The first-order valence-corrected chi connectivity index (χ1v) is 5.68. The predicted molar refractivity (Wildman–Crippen MR) is 60.9 cm³/mol. The third-order valence-corrected chi connectivity index (χ3v) is 2.84. The Morgan fingerprint density at radius 1 is 1.38 bits per heavy atom. The zero-order chi connectivity index (χ0) is 11.4. The van der Waals surface area contributed by atoms with Crippen molar-refractivity contribution in [1.29, 1.82) is 0 Å². The molecule has 0 bridgehead atoms. The van der Waals surface area contributed by atoms with Crippen LogP contribution in [-0.4, -0.2) is 17.1 Å². The minimum Gasteiger partial charge on any atom is -0.459 e. The lowest BCUT2D eigenvalue weighted by atomic mass is 9.98. The largest absolute Gasteiger partial charge is 0.459 e. The first kappa shape index (κ1) is 10.9. The van der Waals surface area contributed by atoms with E-state index in [1.807, 2.05) is 0 Å². The van der Waals surface area contributed by atoms with Crippen LogP contribution in [-0.2, 0) is 4.74 Å². The van der Waals surface area contributed by atoms with Gasteiger partial charge in [0, 0.05) is 6.20 Å². The molecule has 1 aliphatic rings. The Hall–Kier alpha value is -1.58. The van der Waals surface area contributed by atoms with E-state index in [9.17, 15) is 4.79 Å². The molecule has 1 aromatic rings. The molecule has 0 atom stereocenters. The van der Waals surface area contributed by atoms with Gasteiger partial charge in [0.25, 0.3) is 0 Å². The second kappa shape index (κ2) is 4.96. The van der Waals surface area contributed by atoms with Crippen molar-refractivity contribution in [1.82, 2.24) is 4.98 Å². The highest BCUT2D eigenvalue weighted by atomic mass is 16.5. The number of pyridine rings is 1. The molecule has 0 unspecified atom stereocenters. The van der Waals surface area contributed by atoms with Crippen LogP contribution < -0.4 is 5.73 Å². The summed E-state index contributed by atoms with van der Waals surface area (Å²) in [4.78, 5) is 15.6. The molecule has 1 aromatic heterocycles. The van der Waals surface area contributed by atoms with Gasteiger partial charge in [-0.15, -0.1) is 0 Å². The van der Waals surface area contributed by atoms with E-state index in [0.29, 0.717) is 11.4 Å². The minimum atomic E-state index is -0.291. The van der Waals surface area contributed by atoms with Gasteiger partial charge < -0.3 is 10.5 Å². The molecule has 16 heavy (non-hydrogen) atoms. The van der Waals surface area contributed by atoms with Crippen LogP contribution in [0.4, 0.5) is 5.82 Å². The molecule has 1 fully saturated rings. The smallest absolute Gasteiger partial charge is 0.338 e. The average Bonchev–Trinajstić information content (AvgIpc) is 2.30. The van der Waals surface area contributed by atoms with Crippen LogP contribution in [0.25, 0.3) is 0 Å². The molecule has 0 aromatic carbocycles. The lowest BCUT2D eigenvalue weighted by Crippen LogP contribution is -2.21. The average molecular weight is 220 g/mol. The van der Waals surface area contributed by atoms with Gasteiger partial charge in [0.05, 0.1) is 5.56 Å². The number of nitrogens with zero attached hydrogens (tertiary/aromatic N) is 1.